The van der Waals surface area contributed by atoms with Gasteiger partial charge in [-0.25, -0.2) is 0 Å². The molecule has 1 heterocycles. The zero-order valence-electron chi connectivity index (χ0n) is 14.3. The minimum absolute atomic E-state index is 0.569. The maximum Gasteiger partial charge on any atom is 0.0233 e. The maximum absolute atomic E-state index is 4.38. The quantitative estimate of drug-likeness (QED) is 0.529. The number of thioether (sulfide) groups is 1. The van der Waals surface area contributed by atoms with E-state index in [1.54, 1.807) is 0 Å². The topological polar surface area (TPSA) is 3.24 Å². The highest BCUT2D eigenvalue weighted by molar-refractivity contribution is 7.98. The first-order valence-electron chi connectivity index (χ1n) is 8.94. The molecular formula is C21H27NS. The molecule has 0 N–H and O–H groups in total. The molecule has 0 radical (unpaired) electrons. The van der Waals surface area contributed by atoms with Gasteiger partial charge in [0.25, 0.3) is 0 Å². The van der Waals surface area contributed by atoms with Gasteiger partial charge in [-0.15, -0.1) is 11.8 Å². The molecule has 0 amide bonds. The first-order chi connectivity index (χ1) is 11.2. The summed E-state index contributed by atoms with van der Waals surface area (Å²) >= 11 is 1.82. The Morgan fingerprint density at radius 1 is 1.39 bits per heavy atom. The molecule has 1 nitrogen and oxygen atoms in total. The van der Waals surface area contributed by atoms with Crippen LogP contribution in [0.4, 0.5) is 0 Å². The Bertz CT molecular complexity index is 649. The van der Waals surface area contributed by atoms with Crippen molar-refractivity contribution in [2.45, 2.75) is 37.1 Å². The summed E-state index contributed by atoms with van der Waals surface area (Å²) in [6.07, 6.45) is 11.0. The van der Waals surface area contributed by atoms with Gasteiger partial charge in [-0.2, -0.15) is 0 Å². The smallest absolute Gasteiger partial charge is 0.0233 e. The van der Waals surface area contributed by atoms with Gasteiger partial charge in [0.15, 0.2) is 0 Å². The summed E-state index contributed by atoms with van der Waals surface area (Å²) < 4.78 is 0. The summed E-state index contributed by atoms with van der Waals surface area (Å²) in [5.41, 5.74) is 3.21. The van der Waals surface area contributed by atoms with Crippen molar-refractivity contribution in [3.8, 4) is 0 Å². The molecule has 1 saturated carbocycles. The molecule has 0 bridgehead atoms. The highest BCUT2D eigenvalue weighted by atomic mass is 32.2. The Hall–Kier alpha value is -0.990. The van der Waals surface area contributed by atoms with Crippen molar-refractivity contribution in [3.05, 3.63) is 48.6 Å². The fraction of sp³-hybridized carbons (Fsp3) is 0.524. The zero-order valence-corrected chi connectivity index (χ0v) is 15.1. The molecule has 4 rings (SSSR count). The van der Waals surface area contributed by atoms with Crippen LogP contribution in [0.5, 0.6) is 0 Å². The van der Waals surface area contributed by atoms with Crippen molar-refractivity contribution >= 4 is 17.3 Å². The molecule has 2 heteroatoms. The number of nitrogens with zero attached hydrogens (tertiary/aromatic N) is 1. The summed E-state index contributed by atoms with van der Waals surface area (Å²) in [6.45, 7) is 9.21. The Labute approximate surface area is 144 Å². The predicted octanol–water partition coefficient (Wildman–Crippen LogP) is 5.10. The van der Waals surface area contributed by atoms with Crippen molar-refractivity contribution in [2.75, 3.05) is 19.3 Å². The van der Waals surface area contributed by atoms with Crippen LogP contribution in [0.15, 0.2) is 47.9 Å². The lowest BCUT2D eigenvalue weighted by atomic mass is 9.61. The van der Waals surface area contributed by atoms with Gasteiger partial charge in [0.05, 0.1) is 0 Å². The largest absolute Gasteiger partial charge is 0.298 e. The van der Waals surface area contributed by atoms with Crippen LogP contribution in [-0.4, -0.2) is 30.3 Å². The van der Waals surface area contributed by atoms with Gasteiger partial charge in [-0.1, -0.05) is 50.3 Å². The molecule has 122 valence electrons. The van der Waals surface area contributed by atoms with Gasteiger partial charge < -0.3 is 0 Å². The fourth-order valence-corrected chi connectivity index (χ4v) is 5.83. The molecule has 1 spiro atoms. The van der Waals surface area contributed by atoms with Gasteiger partial charge in [0.2, 0.25) is 0 Å². The number of likely N-dealkylation sites (tertiary alicyclic amines) is 1. The first kappa shape index (κ1) is 15.5. The van der Waals surface area contributed by atoms with E-state index in [2.05, 4.69) is 61.1 Å². The van der Waals surface area contributed by atoms with E-state index in [1.165, 1.54) is 42.0 Å². The van der Waals surface area contributed by atoms with E-state index < -0.39 is 0 Å². The fourth-order valence-electron chi connectivity index (χ4n) is 5.19. The number of hydrogen-bond donors (Lipinski definition) is 0. The molecule has 0 aromatic heterocycles. The Balaban J connectivity index is 1.41. The summed E-state index contributed by atoms with van der Waals surface area (Å²) in [5.74, 6) is 1.78. The van der Waals surface area contributed by atoms with Crippen LogP contribution >= 0.6 is 11.8 Å². The molecule has 4 unspecified atom stereocenters. The van der Waals surface area contributed by atoms with Crippen molar-refractivity contribution in [1.29, 1.82) is 0 Å². The summed E-state index contributed by atoms with van der Waals surface area (Å²) in [5, 5.41) is 0. The SMILES string of the molecule is C=C(CCN1CC23C=CC2CC(CC)C13)c1ccccc1SC. The molecule has 1 aliphatic heterocycles. The van der Waals surface area contributed by atoms with Crippen molar-refractivity contribution < 1.29 is 0 Å². The van der Waals surface area contributed by atoms with Crippen molar-refractivity contribution in [2.24, 2.45) is 17.3 Å². The van der Waals surface area contributed by atoms with Crippen LogP contribution in [0.2, 0.25) is 0 Å². The second-order valence-electron chi connectivity index (χ2n) is 7.45. The van der Waals surface area contributed by atoms with Crippen LogP contribution < -0.4 is 0 Å². The van der Waals surface area contributed by atoms with E-state index in [1.807, 2.05) is 11.8 Å². The molecule has 23 heavy (non-hydrogen) atoms. The molecule has 1 saturated heterocycles. The van der Waals surface area contributed by atoms with Gasteiger partial charge in [-0.3, -0.25) is 4.90 Å². The van der Waals surface area contributed by atoms with Gasteiger partial charge >= 0.3 is 0 Å². The lowest BCUT2D eigenvalue weighted by Crippen LogP contribution is -2.66. The average Bonchev–Trinajstić information content (AvgIpc) is 2.71. The standard InChI is InChI=1S/C21H27NS/c1-4-16-13-17-9-11-21(17)14-22(20(16)21)12-10-15(2)18-7-5-6-8-19(18)23-3/h5-9,11,16-17,20H,2,4,10,12-14H2,1,3H3. The highest BCUT2D eigenvalue weighted by Gasteiger charge is 2.64. The molecule has 3 aliphatic rings. The van der Waals surface area contributed by atoms with Crippen LogP contribution in [-0.2, 0) is 0 Å². The van der Waals surface area contributed by atoms with Gasteiger partial charge in [-0.05, 0) is 48.1 Å². The van der Waals surface area contributed by atoms with E-state index in [9.17, 15) is 0 Å². The van der Waals surface area contributed by atoms with E-state index in [0.29, 0.717) is 5.41 Å². The highest BCUT2D eigenvalue weighted by Crippen LogP contribution is 2.62. The Morgan fingerprint density at radius 2 is 2.22 bits per heavy atom. The Morgan fingerprint density at radius 3 is 2.91 bits per heavy atom. The van der Waals surface area contributed by atoms with E-state index in [4.69, 9.17) is 0 Å². The lowest BCUT2D eigenvalue weighted by molar-refractivity contribution is -0.0596. The van der Waals surface area contributed by atoms with Crippen LogP contribution in [0, 0.1) is 17.3 Å². The van der Waals surface area contributed by atoms with Gasteiger partial charge in [0, 0.05) is 29.4 Å². The van der Waals surface area contributed by atoms with E-state index >= 15 is 0 Å². The first-order valence-corrected chi connectivity index (χ1v) is 10.2. The summed E-state index contributed by atoms with van der Waals surface area (Å²) in [6, 6.07) is 9.49. The lowest BCUT2D eigenvalue weighted by Gasteiger charge is -2.59. The zero-order chi connectivity index (χ0) is 16.0. The monoisotopic (exact) mass is 325 g/mol. The van der Waals surface area contributed by atoms with E-state index in [-0.39, 0.29) is 0 Å². The second kappa shape index (κ2) is 5.82. The van der Waals surface area contributed by atoms with Crippen molar-refractivity contribution in [1.82, 2.24) is 4.90 Å². The number of allylic oxidation sites excluding steroid dienone is 1. The van der Waals surface area contributed by atoms with Crippen LogP contribution in [0.25, 0.3) is 5.57 Å². The summed E-state index contributed by atoms with van der Waals surface area (Å²) in [7, 11) is 0. The minimum atomic E-state index is 0.569. The predicted molar refractivity (Wildman–Crippen MR) is 101 cm³/mol. The average molecular weight is 326 g/mol. The third-order valence-corrected chi connectivity index (χ3v) is 7.26. The normalized spacial score (nSPS) is 34.4. The molecule has 2 fully saturated rings. The molecule has 1 aromatic rings. The van der Waals surface area contributed by atoms with Crippen molar-refractivity contribution in [3.63, 3.8) is 0 Å². The maximum atomic E-state index is 4.38. The van der Waals surface area contributed by atoms with Gasteiger partial charge in [0.1, 0.15) is 0 Å². The third-order valence-electron chi connectivity index (χ3n) is 6.47. The van der Waals surface area contributed by atoms with Crippen LogP contribution in [0.1, 0.15) is 31.7 Å². The van der Waals surface area contributed by atoms with E-state index in [0.717, 1.165) is 24.3 Å². The number of hydrogen-bond acceptors (Lipinski definition) is 2. The second-order valence-corrected chi connectivity index (χ2v) is 8.30. The molecule has 4 atom stereocenters. The minimum Gasteiger partial charge on any atom is -0.298 e. The number of benzene rings is 1. The molecule has 2 aliphatic carbocycles. The molecule has 1 aromatic carbocycles. The Kier molecular flexibility index (Phi) is 3.93. The molecular weight excluding hydrogens is 298 g/mol. The van der Waals surface area contributed by atoms with Crippen LogP contribution in [0.3, 0.4) is 0 Å². The summed E-state index contributed by atoms with van der Waals surface area (Å²) in [4.78, 5) is 4.09. The third kappa shape index (κ3) is 2.26. The number of rotatable bonds is 6.